The molecule has 2 aromatic carbocycles. The highest BCUT2D eigenvalue weighted by atomic mass is 35.5. The lowest BCUT2D eigenvalue weighted by Crippen LogP contribution is -1.99. The van der Waals surface area contributed by atoms with Crippen molar-refractivity contribution in [3.63, 3.8) is 0 Å². The first-order valence-corrected chi connectivity index (χ1v) is 6.12. The molecule has 0 atom stereocenters. The third-order valence-electron chi connectivity index (χ3n) is 2.48. The normalized spacial score (nSPS) is 10.0. The highest BCUT2D eigenvalue weighted by Crippen LogP contribution is 2.27. The van der Waals surface area contributed by atoms with E-state index in [2.05, 4.69) is 0 Å². The van der Waals surface area contributed by atoms with E-state index in [1.807, 2.05) is 6.07 Å². The third-order valence-corrected chi connectivity index (χ3v) is 3.06. The van der Waals surface area contributed by atoms with Gasteiger partial charge in [0.2, 0.25) is 0 Å². The quantitative estimate of drug-likeness (QED) is 0.830. The van der Waals surface area contributed by atoms with Crippen LogP contribution in [0.4, 0.5) is 4.39 Å². The summed E-state index contributed by atoms with van der Waals surface area (Å²) in [6.45, 7) is 0.0119. The third kappa shape index (κ3) is 3.17. The zero-order chi connectivity index (χ0) is 13.8. The molecule has 0 N–H and O–H groups in total. The van der Waals surface area contributed by atoms with E-state index >= 15 is 0 Å². The fraction of sp³-hybridized carbons (Fsp3) is 0.0714. The van der Waals surface area contributed by atoms with Gasteiger partial charge in [0.05, 0.1) is 21.7 Å². The van der Waals surface area contributed by atoms with Crippen LogP contribution < -0.4 is 4.74 Å². The molecule has 0 amide bonds. The van der Waals surface area contributed by atoms with Gasteiger partial charge in [-0.05, 0) is 24.3 Å². The molecule has 0 saturated carbocycles. The highest BCUT2D eigenvalue weighted by molar-refractivity contribution is 6.32. The van der Waals surface area contributed by atoms with Crippen LogP contribution in [0.25, 0.3) is 0 Å². The Morgan fingerprint density at radius 3 is 2.63 bits per heavy atom. The second-order valence-corrected chi connectivity index (χ2v) is 4.57. The summed E-state index contributed by atoms with van der Waals surface area (Å²) < 4.78 is 19.1. The Kier molecular flexibility index (Phi) is 4.26. The number of rotatable bonds is 3. The molecule has 0 fully saturated rings. The van der Waals surface area contributed by atoms with E-state index in [9.17, 15) is 4.39 Å². The second kappa shape index (κ2) is 5.92. The van der Waals surface area contributed by atoms with Gasteiger partial charge in [0.25, 0.3) is 0 Å². The summed E-state index contributed by atoms with van der Waals surface area (Å²) in [6, 6.07) is 11.3. The molecule has 2 aromatic rings. The lowest BCUT2D eigenvalue weighted by Gasteiger charge is -2.09. The van der Waals surface area contributed by atoms with Crippen LogP contribution in [0.5, 0.6) is 5.75 Å². The Labute approximate surface area is 119 Å². The Morgan fingerprint density at radius 2 is 1.95 bits per heavy atom. The number of nitriles is 1. The summed E-state index contributed by atoms with van der Waals surface area (Å²) >= 11 is 11.6. The van der Waals surface area contributed by atoms with E-state index in [4.69, 9.17) is 33.2 Å². The van der Waals surface area contributed by atoms with Gasteiger partial charge in [0.1, 0.15) is 18.2 Å². The molecule has 0 bridgehead atoms. The molecule has 19 heavy (non-hydrogen) atoms. The van der Waals surface area contributed by atoms with Crippen molar-refractivity contribution >= 4 is 23.2 Å². The van der Waals surface area contributed by atoms with Crippen molar-refractivity contribution in [2.75, 3.05) is 0 Å². The standard InChI is InChI=1S/C14H8Cl2FNO/c15-11-3-1-2-10(14(11)17)8-19-13-5-4-9(7-18)6-12(13)16/h1-6H,8H2. The maximum Gasteiger partial charge on any atom is 0.148 e. The molecule has 0 heterocycles. The second-order valence-electron chi connectivity index (χ2n) is 3.76. The van der Waals surface area contributed by atoms with E-state index in [1.165, 1.54) is 12.1 Å². The summed E-state index contributed by atoms with van der Waals surface area (Å²) in [4.78, 5) is 0. The molecule has 0 unspecified atom stereocenters. The van der Waals surface area contributed by atoms with Crippen LogP contribution in [0.2, 0.25) is 10.0 Å². The van der Waals surface area contributed by atoms with Crippen molar-refractivity contribution in [2.45, 2.75) is 6.61 Å². The van der Waals surface area contributed by atoms with E-state index in [-0.39, 0.29) is 11.6 Å². The lowest BCUT2D eigenvalue weighted by atomic mass is 10.2. The number of benzene rings is 2. The van der Waals surface area contributed by atoms with Crippen molar-refractivity contribution in [3.05, 3.63) is 63.4 Å². The first-order valence-electron chi connectivity index (χ1n) is 5.37. The van der Waals surface area contributed by atoms with Crippen LogP contribution in [0, 0.1) is 17.1 Å². The van der Waals surface area contributed by atoms with Gasteiger partial charge in [-0.15, -0.1) is 0 Å². The molecule has 0 radical (unpaired) electrons. The number of hydrogen-bond donors (Lipinski definition) is 0. The van der Waals surface area contributed by atoms with E-state index in [1.54, 1.807) is 24.3 Å². The minimum Gasteiger partial charge on any atom is -0.487 e. The van der Waals surface area contributed by atoms with Gasteiger partial charge in [-0.2, -0.15) is 5.26 Å². The molecule has 0 aliphatic heterocycles. The van der Waals surface area contributed by atoms with Crippen molar-refractivity contribution in [3.8, 4) is 11.8 Å². The average molecular weight is 296 g/mol. The van der Waals surface area contributed by atoms with Gasteiger partial charge >= 0.3 is 0 Å². The summed E-state index contributed by atoms with van der Waals surface area (Å²) in [5.41, 5.74) is 0.777. The fourth-order valence-electron chi connectivity index (χ4n) is 1.50. The maximum atomic E-state index is 13.6. The van der Waals surface area contributed by atoms with Crippen molar-refractivity contribution in [2.24, 2.45) is 0 Å². The zero-order valence-corrected chi connectivity index (χ0v) is 11.2. The predicted octanol–water partition coefficient (Wildman–Crippen LogP) is 4.58. The van der Waals surface area contributed by atoms with Gasteiger partial charge in [-0.1, -0.05) is 35.3 Å². The summed E-state index contributed by atoms with van der Waals surface area (Å²) in [5.74, 6) is -0.117. The number of halogens is 3. The highest BCUT2D eigenvalue weighted by Gasteiger charge is 2.08. The Bertz CT molecular complexity index is 652. The van der Waals surface area contributed by atoms with Crippen LogP contribution >= 0.6 is 23.2 Å². The Morgan fingerprint density at radius 1 is 1.16 bits per heavy atom. The smallest absolute Gasteiger partial charge is 0.148 e. The minimum absolute atomic E-state index is 0.0119. The molecule has 0 spiro atoms. The van der Waals surface area contributed by atoms with Crippen molar-refractivity contribution in [1.29, 1.82) is 5.26 Å². The van der Waals surface area contributed by atoms with Crippen LogP contribution in [-0.2, 0) is 6.61 Å². The SMILES string of the molecule is N#Cc1ccc(OCc2cccc(Cl)c2F)c(Cl)c1. The predicted molar refractivity (Wildman–Crippen MR) is 71.9 cm³/mol. The summed E-state index contributed by atoms with van der Waals surface area (Å²) in [6.07, 6.45) is 0. The molecular weight excluding hydrogens is 288 g/mol. The molecule has 0 aromatic heterocycles. The molecule has 0 aliphatic rings. The molecule has 5 heteroatoms. The summed E-state index contributed by atoms with van der Waals surface area (Å²) in [7, 11) is 0. The largest absolute Gasteiger partial charge is 0.487 e. The topological polar surface area (TPSA) is 33.0 Å². The fourth-order valence-corrected chi connectivity index (χ4v) is 1.93. The average Bonchev–Trinajstić information content (AvgIpc) is 2.41. The van der Waals surface area contributed by atoms with E-state index in [0.29, 0.717) is 21.9 Å². The van der Waals surface area contributed by atoms with Gasteiger partial charge < -0.3 is 4.74 Å². The van der Waals surface area contributed by atoms with Crippen LogP contribution in [0.3, 0.4) is 0 Å². The van der Waals surface area contributed by atoms with Gasteiger partial charge in [-0.25, -0.2) is 4.39 Å². The van der Waals surface area contributed by atoms with Gasteiger partial charge in [0.15, 0.2) is 0 Å². The van der Waals surface area contributed by atoms with E-state index < -0.39 is 5.82 Å². The number of hydrogen-bond acceptors (Lipinski definition) is 2. The molecule has 0 aliphatic carbocycles. The van der Waals surface area contributed by atoms with Crippen molar-refractivity contribution < 1.29 is 9.13 Å². The molecule has 2 nitrogen and oxygen atoms in total. The number of ether oxygens (including phenoxy) is 1. The first-order chi connectivity index (χ1) is 9.11. The van der Waals surface area contributed by atoms with Gasteiger partial charge in [0, 0.05) is 5.56 Å². The monoisotopic (exact) mass is 295 g/mol. The molecule has 0 saturated heterocycles. The Balaban J connectivity index is 2.15. The van der Waals surface area contributed by atoms with Crippen LogP contribution in [0.1, 0.15) is 11.1 Å². The van der Waals surface area contributed by atoms with Crippen molar-refractivity contribution in [1.82, 2.24) is 0 Å². The zero-order valence-electron chi connectivity index (χ0n) is 9.66. The van der Waals surface area contributed by atoms with E-state index in [0.717, 1.165) is 0 Å². The maximum absolute atomic E-state index is 13.6. The first kappa shape index (κ1) is 13.7. The molecule has 96 valence electrons. The van der Waals surface area contributed by atoms with Gasteiger partial charge in [-0.3, -0.25) is 0 Å². The summed E-state index contributed by atoms with van der Waals surface area (Å²) in [5, 5.41) is 9.07. The minimum atomic E-state index is -0.506. The lowest BCUT2D eigenvalue weighted by molar-refractivity contribution is 0.300. The Hall–Kier alpha value is -1.76. The molecular formula is C14H8Cl2FNO. The van der Waals surface area contributed by atoms with Crippen LogP contribution in [0.15, 0.2) is 36.4 Å². The van der Waals surface area contributed by atoms with Crippen LogP contribution in [-0.4, -0.2) is 0 Å². The molecule has 2 rings (SSSR count). The number of nitrogens with zero attached hydrogens (tertiary/aromatic N) is 1.